The van der Waals surface area contributed by atoms with E-state index in [2.05, 4.69) is 29.2 Å². The van der Waals surface area contributed by atoms with E-state index in [4.69, 9.17) is 25.2 Å². The van der Waals surface area contributed by atoms with Gasteiger partial charge in [0, 0.05) is 38.2 Å². The summed E-state index contributed by atoms with van der Waals surface area (Å²) in [6.45, 7) is 5.18. The van der Waals surface area contributed by atoms with Crippen molar-refractivity contribution in [3.05, 3.63) is 65.2 Å². The number of nitrogens with zero attached hydrogens (tertiary/aromatic N) is 3. The average molecular weight is 666 g/mol. The van der Waals surface area contributed by atoms with Gasteiger partial charge in [-0.25, -0.2) is 4.79 Å². The number of rotatable bonds is 9. The predicted octanol–water partition coefficient (Wildman–Crippen LogP) is 1.92. The topological polar surface area (TPSA) is 185 Å². The molecule has 13 heteroatoms. The Labute approximate surface area is 278 Å². The first-order valence-electron chi connectivity index (χ1n) is 16.4. The molecule has 13 nitrogen and oxygen atoms in total. The molecule has 0 radical (unpaired) electrons. The van der Waals surface area contributed by atoms with Crippen molar-refractivity contribution in [3.8, 4) is 0 Å². The van der Waals surface area contributed by atoms with Crippen LogP contribution in [-0.4, -0.2) is 118 Å². The number of aryl methyl sites for hydroxylation is 1. The molecule has 3 heterocycles. The number of ether oxygens (including phenoxy) is 1. The number of anilines is 1. The van der Waals surface area contributed by atoms with Crippen LogP contribution in [0, 0.1) is 0 Å². The van der Waals surface area contributed by atoms with Crippen LogP contribution in [0.15, 0.2) is 48.5 Å². The Morgan fingerprint density at radius 1 is 0.812 bits per heavy atom. The molecule has 48 heavy (non-hydrogen) atoms. The van der Waals surface area contributed by atoms with Gasteiger partial charge in [-0.05, 0) is 66.9 Å². The maximum Gasteiger partial charge on any atom is 0.336 e. The van der Waals surface area contributed by atoms with E-state index < -0.39 is 42.4 Å². The zero-order valence-electron chi connectivity index (χ0n) is 26.9. The summed E-state index contributed by atoms with van der Waals surface area (Å²) in [5.74, 6) is -4.90. The molecular formula is C35H43N3O10. The quantitative estimate of drug-likeness (QED) is 0.307. The van der Waals surface area contributed by atoms with E-state index >= 15 is 0 Å². The highest BCUT2D eigenvalue weighted by Crippen LogP contribution is 2.46. The Morgan fingerprint density at radius 2 is 1.42 bits per heavy atom. The van der Waals surface area contributed by atoms with Crippen LogP contribution in [0.1, 0.15) is 55.2 Å². The molecular weight excluding hydrogens is 622 g/mol. The van der Waals surface area contributed by atoms with Gasteiger partial charge in [-0.3, -0.25) is 24.1 Å². The fourth-order valence-electron chi connectivity index (χ4n) is 7.46. The second kappa shape index (κ2) is 14.8. The number of likely N-dealkylation sites (tertiary alicyclic amines) is 1. The molecule has 1 spiro atoms. The first-order valence-corrected chi connectivity index (χ1v) is 16.4. The Balaban J connectivity index is 0.000000296. The average Bonchev–Trinajstić information content (AvgIpc) is 3.63. The molecule has 4 aliphatic rings. The molecule has 6 rings (SSSR count). The van der Waals surface area contributed by atoms with Gasteiger partial charge < -0.3 is 35.0 Å². The standard InChI is InChI=1S/C29H35N3O3.C6H8O7/c33-27(10-14-30-15-12-29(13-16-30)11-9-22-5-1-3-7-24(22)29)32-25-8-4-2-6-23(25)21-26(32)28(34)31-17-19-35-20-18-31;7-3(8)1-6(13,5(11)12)2-4(9)10/h1-8,26H,9-21H2;13H,1-2H2,(H,7,8)(H,9,10)(H,11,12). The lowest BCUT2D eigenvalue weighted by Gasteiger charge is -2.40. The second-order valence-electron chi connectivity index (χ2n) is 13.1. The SMILES string of the molecule is O=C(C1Cc2ccccc2N1C(=O)CCN1CCC2(CCc3ccccc32)CC1)N1CCOCC1.O=C(O)CC(O)(CC(=O)O)C(=O)O. The van der Waals surface area contributed by atoms with Crippen LogP contribution < -0.4 is 4.90 Å². The molecule has 2 aromatic rings. The van der Waals surface area contributed by atoms with Crippen molar-refractivity contribution >= 4 is 35.4 Å². The number of carbonyl (C=O) groups excluding carboxylic acids is 2. The molecule has 258 valence electrons. The first kappa shape index (κ1) is 35.0. The number of carboxylic acids is 3. The van der Waals surface area contributed by atoms with Crippen molar-refractivity contribution in [1.82, 2.24) is 9.80 Å². The molecule has 2 aromatic carbocycles. The van der Waals surface area contributed by atoms with Crippen LogP contribution in [0.25, 0.3) is 0 Å². The van der Waals surface area contributed by atoms with Crippen LogP contribution >= 0.6 is 0 Å². The summed E-state index contributed by atoms with van der Waals surface area (Å²) in [6.07, 6.45) is 3.56. The van der Waals surface area contributed by atoms with Gasteiger partial charge in [0.2, 0.25) is 11.8 Å². The van der Waals surface area contributed by atoms with Gasteiger partial charge >= 0.3 is 17.9 Å². The number of hydrogen-bond acceptors (Lipinski definition) is 8. The minimum absolute atomic E-state index is 0.0534. The highest BCUT2D eigenvalue weighted by molar-refractivity contribution is 6.03. The number of aliphatic carboxylic acids is 3. The molecule has 1 aliphatic carbocycles. The molecule has 1 atom stereocenters. The lowest BCUT2D eigenvalue weighted by atomic mass is 9.74. The fourth-order valence-corrected chi connectivity index (χ4v) is 7.46. The molecule has 2 amide bonds. The Hall–Kier alpha value is -4.33. The number of morpholine rings is 1. The summed E-state index contributed by atoms with van der Waals surface area (Å²) in [5.41, 5.74) is 2.68. The van der Waals surface area contributed by atoms with Gasteiger partial charge in [-0.1, -0.05) is 42.5 Å². The smallest absolute Gasteiger partial charge is 0.336 e. The van der Waals surface area contributed by atoms with Gasteiger partial charge in [0.1, 0.15) is 6.04 Å². The zero-order chi connectivity index (χ0) is 34.5. The summed E-state index contributed by atoms with van der Waals surface area (Å²) in [4.78, 5) is 63.6. The van der Waals surface area contributed by atoms with Crippen LogP contribution in [0.4, 0.5) is 5.69 Å². The van der Waals surface area contributed by atoms with Crippen LogP contribution in [0.2, 0.25) is 0 Å². The molecule has 2 fully saturated rings. The second-order valence-corrected chi connectivity index (χ2v) is 13.1. The predicted molar refractivity (Wildman–Crippen MR) is 173 cm³/mol. The number of aliphatic hydroxyl groups is 1. The highest BCUT2D eigenvalue weighted by atomic mass is 16.5. The normalized spacial score (nSPS) is 20.0. The Bertz CT molecular complexity index is 1510. The number of fused-ring (bicyclic) bond motifs is 3. The summed E-state index contributed by atoms with van der Waals surface area (Å²) in [6, 6.07) is 16.5. The van der Waals surface area contributed by atoms with E-state index in [1.54, 1.807) is 10.5 Å². The molecule has 0 saturated carbocycles. The van der Waals surface area contributed by atoms with Gasteiger partial charge in [-0.2, -0.15) is 0 Å². The van der Waals surface area contributed by atoms with Crippen molar-refractivity contribution in [2.24, 2.45) is 0 Å². The minimum atomic E-state index is -2.74. The fraction of sp³-hybridized carbons (Fsp3) is 0.514. The third-order valence-corrected chi connectivity index (χ3v) is 10.1. The molecule has 3 aliphatic heterocycles. The first-order chi connectivity index (χ1) is 22.9. The number of benzene rings is 2. The maximum atomic E-state index is 13.6. The third kappa shape index (κ3) is 7.69. The van der Waals surface area contributed by atoms with Crippen molar-refractivity contribution in [2.75, 3.05) is 50.8 Å². The van der Waals surface area contributed by atoms with Gasteiger partial charge in [-0.15, -0.1) is 0 Å². The number of para-hydroxylation sites is 1. The molecule has 0 bridgehead atoms. The van der Waals surface area contributed by atoms with Gasteiger partial charge in [0.05, 0.1) is 26.1 Å². The van der Waals surface area contributed by atoms with E-state index in [1.807, 2.05) is 29.2 Å². The van der Waals surface area contributed by atoms with Crippen LogP contribution in [0.5, 0.6) is 0 Å². The number of carbonyl (C=O) groups is 5. The summed E-state index contributed by atoms with van der Waals surface area (Å²) in [7, 11) is 0. The van der Waals surface area contributed by atoms with Gasteiger partial charge in [0.15, 0.2) is 5.60 Å². The number of piperidine rings is 1. The molecule has 0 aromatic heterocycles. The summed E-state index contributed by atoms with van der Waals surface area (Å²) >= 11 is 0. The van der Waals surface area contributed by atoms with Crippen molar-refractivity contribution in [1.29, 1.82) is 0 Å². The van der Waals surface area contributed by atoms with E-state index in [0.717, 1.165) is 30.9 Å². The van der Waals surface area contributed by atoms with Crippen LogP contribution in [-0.2, 0) is 47.0 Å². The monoisotopic (exact) mass is 665 g/mol. The van der Waals surface area contributed by atoms with Crippen molar-refractivity contribution < 1.29 is 49.1 Å². The Kier molecular flexibility index (Phi) is 10.8. The van der Waals surface area contributed by atoms with Gasteiger partial charge in [0.25, 0.3) is 0 Å². The molecule has 1 unspecified atom stereocenters. The van der Waals surface area contributed by atoms with Crippen molar-refractivity contribution in [2.45, 2.75) is 68.4 Å². The minimum Gasteiger partial charge on any atom is -0.481 e. The van der Waals surface area contributed by atoms with Crippen LogP contribution in [0.3, 0.4) is 0 Å². The summed E-state index contributed by atoms with van der Waals surface area (Å²) < 4.78 is 5.43. The lowest BCUT2D eigenvalue weighted by molar-refractivity contribution is -0.170. The largest absolute Gasteiger partial charge is 0.481 e. The Morgan fingerprint density at radius 3 is 2.04 bits per heavy atom. The third-order valence-electron chi connectivity index (χ3n) is 10.1. The number of amides is 2. The van der Waals surface area contributed by atoms with E-state index in [-0.39, 0.29) is 11.8 Å². The number of carboxylic acid groups (broad SMARTS) is 3. The highest BCUT2D eigenvalue weighted by Gasteiger charge is 2.43. The van der Waals surface area contributed by atoms with E-state index in [0.29, 0.717) is 44.6 Å². The zero-order valence-corrected chi connectivity index (χ0v) is 26.9. The van der Waals surface area contributed by atoms with Crippen molar-refractivity contribution in [3.63, 3.8) is 0 Å². The molecule has 4 N–H and O–H groups in total. The molecule has 2 saturated heterocycles. The summed E-state index contributed by atoms with van der Waals surface area (Å²) in [5, 5.41) is 33.8. The van der Waals surface area contributed by atoms with E-state index in [9.17, 15) is 24.0 Å². The maximum absolute atomic E-state index is 13.6. The lowest BCUT2D eigenvalue weighted by Crippen LogP contribution is -2.53. The number of hydrogen-bond donors (Lipinski definition) is 4. The van der Waals surface area contributed by atoms with E-state index in [1.165, 1.54) is 31.2 Å².